The molecule has 1 saturated heterocycles. The van der Waals surface area contributed by atoms with Gasteiger partial charge in [-0.25, -0.2) is 4.98 Å². The van der Waals surface area contributed by atoms with E-state index in [1.807, 2.05) is 12.3 Å². The SMILES string of the molecule is Cc1nc(CNC(=O)C2CNCC2C)cs1. The fraction of sp³-hybridized carbons (Fsp3) is 0.636. The van der Waals surface area contributed by atoms with Crippen molar-refractivity contribution in [3.8, 4) is 0 Å². The summed E-state index contributed by atoms with van der Waals surface area (Å²) in [6.45, 7) is 6.36. The van der Waals surface area contributed by atoms with Crippen molar-refractivity contribution in [2.24, 2.45) is 11.8 Å². The van der Waals surface area contributed by atoms with Crippen molar-refractivity contribution >= 4 is 17.2 Å². The molecule has 1 aliphatic rings. The number of aromatic nitrogens is 1. The zero-order chi connectivity index (χ0) is 11.5. The van der Waals surface area contributed by atoms with Gasteiger partial charge in [-0.15, -0.1) is 11.3 Å². The Morgan fingerprint density at radius 2 is 2.50 bits per heavy atom. The van der Waals surface area contributed by atoms with Crippen molar-refractivity contribution in [3.05, 3.63) is 16.1 Å². The van der Waals surface area contributed by atoms with E-state index in [4.69, 9.17) is 0 Å². The molecule has 1 aliphatic heterocycles. The first-order valence-electron chi connectivity index (χ1n) is 5.56. The topological polar surface area (TPSA) is 54.0 Å². The molecule has 0 radical (unpaired) electrons. The molecule has 0 spiro atoms. The summed E-state index contributed by atoms with van der Waals surface area (Å²) in [5.41, 5.74) is 0.953. The van der Waals surface area contributed by atoms with Crippen molar-refractivity contribution in [2.75, 3.05) is 13.1 Å². The number of rotatable bonds is 3. The maximum absolute atomic E-state index is 11.9. The van der Waals surface area contributed by atoms with Gasteiger partial charge in [0, 0.05) is 11.9 Å². The van der Waals surface area contributed by atoms with E-state index in [0.29, 0.717) is 12.5 Å². The summed E-state index contributed by atoms with van der Waals surface area (Å²) in [5, 5.41) is 9.21. The number of thiazole rings is 1. The van der Waals surface area contributed by atoms with Crippen molar-refractivity contribution < 1.29 is 4.79 Å². The smallest absolute Gasteiger partial charge is 0.225 e. The molecular weight excluding hydrogens is 222 g/mol. The third kappa shape index (κ3) is 2.59. The summed E-state index contributed by atoms with van der Waals surface area (Å²) in [5.74, 6) is 0.681. The molecule has 1 aromatic heterocycles. The molecule has 0 aliphatic carbocycles. The average molecular weight is 239 g/mol. The van der Waals surface area contributed by atoms with Gasteiger partial charge in [-0.3, -0.25) is 4.79 Å². The first kappa shape index (κ1) is 11.5. The molecule has 0 saturated carbocycles. The van der Waals surface area contributed by atoms with Crippen LogP contribution in [0.5, 0.6) is 0 Å². The van der Waals surface area contributed by atoms with Crippen LogP contribution in [-0.4, -0.2) is 24.0 Å². The number of nitrogens with one attached hydrogen (secondary N) is 2. The van der Waals surface area contributed by atoms with Gasteiger partial charge in [0.05, 0.1) is 23.2 Å². The zero-order valence-electron chi connectivity index (χ0n) is 9.62. The molecule has 1 fully saturated rings. The van der Waals surface area contributed by atoms with Gasteiger partial charge in [-0.1, -0.05) is 6.92 Å². The largest absolute Gasteiger partial charge is 0.350 e. The standard InChI is InChI=1S/C11H17N3OS/c1-7-3-12-5-10(7)11(15)13-4-9-6-16-8(2)14-9/h6-7,10,12H,3-5H2,1-2H3,(H,13,15). The van der Waals surface area contributed by atoms with Crippen molar-refractivity contribution in [3.63, 3.8) is 0 Å². The fourth-order valence-corrected chi connectivity index (χ4v) is 2.57. The first-order valence-corrected chi connectivity index (χ1v) is 6.44. The summed E-state index contributed by atoms with van der Waals surface area (Å²) >= 11 is 1.61. The van der Waals surface area contributed by atoms with Gasteiger partial charge in [0.25, 0.3) is 0 Å². The molecule has 0 bridgehead atoms. The minimum atomic E-state index is 0.111. The highest BCUT2D eigenvalue weighted by Crippen LogP contribution is 2.16. The third-order valence-electron chi connectivity index (χ3n) is 2.96. The number of nitrogens with zero attached hydrogens (tertiary/aromatic N) is 1. The Labute approximate surface area is 99.5 Å². The van der Waals surface area contributed by atoms with E-state index in [2.05, 4.69) is 22.5 Å². The molecule has 4 nitrogen and oxygen atoms in total. The van der Waals surface area contributed by atoms with Gasteiger partial charge < -0.3 is 10.6 Å². The molecule has 1 aromatic rings. The van der Waals surface area contributed by atoms with E-state index >= 15 is 0 Å². The molecular formula is C11H17N3OS. The predicted molar refractivity (Wildman–Crippen MR) is 64.2 cm³/mol. The number of hydrogen-bond acceptors (Lipinski definition) is 4. The minimum Gasteiger partial charge on any atom is -0.350 e. The van der Waals surface area contributed by atoms with Crippen LogP contribution >= 0.6 is 11.3 Å². The van der Waals surface area contributed by atoms with E-state index in [1.165, 1.54) is 0 Å². The zero-order valence-corrected chi connectivity index (χ0v) is 10.4. The first-order chi connectivity index (χ1) is 7.66. The van der Waals surface area contributed by atoms with Gasteiger partial charge in [0.1, 0.15) is 0 Å². The highest BCUT2D eigenvalue weighted by molar-refractivity contribution is 7.09. The van der Waals surface area contributed by atoms with Crippen molar-refractivity contribution in [1.82, 2.24) is 15.6 Å². The summed E-state index contributed by atoms with van der Waals surface area (Å²) in [6, 6.07) is 0. The van der Waals surface area contributed by atoms with Gasteiger partial charge >= 0.3 is 0 Å². The molecule has 1 amide bonds. The summed E-state index contributed by atoms with van der Waals surface area (Å²) < 4.78 is 0. The third-order valence-corrected chi connectivity index (χ3v) is 3.79. The van der Waals surface area contributed by atoms with Gasteiger partial charge in [0.2, 0.25) is 5.91 Å². The number of carbonyl (C=O) groups is 1. The Balaban J connectivity index is 1.83. The molecule has 2 rings (SSSR count). The second-order valence-electron chi connectivity index (χ2n) is 4.32. The van der Waals surface area contributed by atoms with Gasteiger partial charge in [-0.05, 0) is 19.4 Å². The Hall–Kier alpha value is -0.940. The monoisotopic (exact) mass is 239 g/mol. The van der Waals surface area contributed by atoms with Crippen LogP contribution in [0.3, 0.4) is 0 Å². The summed E-state index contributed by atoms with van der Waals surface area (Å²) in [4.78, 5) is 16.2. The number of carbonyl (C=O) groups excluding carboxylic acids is 1. The van der Waals surface area contributed by atoms with E-state index in [9.17, 15) is 4.79 Å². The quantitative estimate of drug-likeness (QED) is 0.825. The highest BCUT2D eigenvalue weighted by atomic mass is 32.1. The number of aryl methyl sites for hydroxylation is 1. The van der Waals surface area contributed by atoms with Gasteiger partial charge in [-0.2, -0.15) is 0 Å². The lowest BCUT2D eigenvalue weighted by Gasteiger charge is -2.13. The van der Waals surface area contributed by atoms with Crippen LogP contribution in [0.2, 0.25) is 0 Å². The van der Waals surface area contributed by atoms with Crippen LogP contribution in [0.4, 0.5) is 0 Å². The fourth-order valence-electron chi connectivity index (χ4n) is 1.96. The van der Waals surface area contributed by atoms with Crippen LogP contribution in [0.15, 0.2) is 5.38 Å². The molecule has 2 N–H and O–H groups in total. The average Bonchev–Trinajstić information content (AvgIpc) is 2.84. The summed E-state index contributed by atoms with van der Waals surface area (Å²) in [6.07, 6.45) is 0. The lowest BCUT2D eigenvalue weighted by atomic mass is 9.97. The summed E-state index contributed by atoms with van der Waals surface area (Å²) in [7, 11) is 0. The predicted octanol–water partition coefficient (Wildman–Crippen LogP) is 0.923. The van der Waals surface area contributed by atoms with Crippen LogP contribution in [0.1, 0.15) is 17.6 Å². The van der Waals surface area contributed by atoms with Crippen LogP contribution in [0.25, 0.3) is 0 Å². The van der Waals surface area contributed by atoms with Gasteiger partial charge in [0.15, 0.2) is 0 Å². The van der Waals surface area contributed by atoms with Crippen LogP contribution in [-0.2, 0) is 11.3 Å². The Bertz CT molecular complexity index is 377. The maximum Gasteiger partial charge on any atom is 0.225 e. The molecule has 0 aromatic carbocycles. The lowest BCUT2D eigenvalue weighted by molar-refractivity contribution is -0.125. The van der Waals surface area contributed by atoms with Crippen LogP contribution in [0, 0.1) is 18.8 Å². The second kappa shape index (κ2) is 4.93. The molecule has 2 atom stereocenters. The van der Waals surface area contributed by atoms with Crippen LogP contribution < -0.4 is 10.6 Å². The molecule has 2 unspecified atom stereocenters. The Morgan fingerprint density at radius 1 is 1.69 bits per heavy atom. The lowest BCUT2D eigenvalue weighted by Crippen LogP contribution is -2.33. The van der Waals surface area contributed by atoms with E-state index < -0.39 is 0 Å². The Morgan fingerprint density at radius 3 is 3.06 bits per heavy atom. The minimum absolute atomic E-state index is 0.111. The van der Waals surface area contributed by atoms with E-state index in [0.717, 1.165) is 23.8 Å². The van der Waals surface area contributed by atoms with E-state index in [-0.39, 0.29) is 11.8 Å². The molecule has 16 heavy (non-hydrogen) atoms. The highest BCUT2D eigenvalue weighted by Gasteiger charge is 2.29. The normalized spacial score (nSPS) is 24.6. The Kier molecular flexibility index (Phi) is 3.56. The maximum atomic E-state index is 11.9. The number of hydrogen-bond donors (Lipinski definition) is 2. The number of amides is 1. The molecule has 88 valence electrons. The van der Waals surface area contributed by atoms with E-state index in [1.54, 1.807) is 11.3 Å². The molecule has 2 heterocycles. The van der Waals surface area contributed by atoms with Crippen molar-refractivity contribution in [2.45, 2.75) is 20.4 Å². The van der Waals surface area contributed by atoms with Crippen molar-refractivity contribution in [1.29, 1.82) is 0 Å². The second-order valence-corrected chi connectivity index (χ2v) is 5.38. The molecule has 5 heteroatoms.